The van der Waals surface area contributed by atoms with Crippen molar-refractivity contribution in [3.05, 3.63) is 82.3 Å². The Hall–Kier alpha value is -3.87. The highest BCUT2D eigenvalue weighted by Crippen LogP contribution is 2.32. The Labute approximate surface area is 205 Å². The van der Waals surface area contributed by atoms with E-state index in [0.717, 1.165) is 24.8 Å². The zero-order valence-electron chi connectivity index (χ0n) is 20.3. The molecule has 7 nitrogen and oxygen atoms in total. The molecule has 0 N–H and O–H groups in total. The maximum absolute atomic E-state index is 13.5. The second-order valence-electron chi connectivity index (χ2n) is 8.60. The number of carbonyl (C=O) groups excluding carboxylic acids is 3. The van der Waals surface area contributed by atoms with Gasteiger partial charge in [-0.15, -0.1) is 0 Å². The Kier molecular flexibility index (Phi) is 7.34. The molecule has 2 aromatic carbocycles. The van der Waals surface area contributed by atoms with Crippen LogP contribution < -0.4 is 4.74 Å². The van der Waals surface area contributed by atoms with E-state index in [1.54, 1.807) is 19.1 Å². The highest BCUT2D eigenvalue weighted by molar-refractivity contribution is 6.23. The lowest BCUT2D eigenvalue weighted by molar-refractivity contribution is -0.121. The summed E-state index contributed by atoms with van der Waals surface area (Å²) in [6.07, 6.45) is 3.22. The van der Waals surface area contributed by atoms with Crippen LogP contribution >= 0.6 is 0 Å². The summed E-state index contributed by atoms with van der Waals surface area (Å²) < 4.78 is 16.4. The number of piperidine rings is 1. The average Bonchev–Trinajstić information content (AvgIpc) is 2.90. The van der Waals surface area contributed by atoms with E-state index in [1.807, 2.05) is 41.3 Å². The molecule has 4 rings (SSSR count). The molecule has 1 aliphatic heterocycles. The van der Waals surface area contributed by atoms with E-state index >= 15 is 0 Å². The lowest BCUT2D eigenvalue weighted by Crippen LogP contribution is -2.35. The van der Waals surface area contributed by atoms with Crippen LogP contribution in [0.4, 0.5) is 0 Å². The van der Waals surface area contributed by atoms with E-state index in [-0.39, 0.29) is 29.6 Å². The van der Waals surface area contributed by atoms with Crippen molar-refractivity contribution in [2.24, 2.45) is 0 Å². The summed E-state index contributed by atoms with van der Waals surface area (Å²) in [5, 5.41) is 0. The van der Waals surface area contributed by atoms with E-state index < -0.39 is 5.78 Å². The predicted octanol–water partition coefficient (Wildman–Crippen LogP) is 4.62. The van der Waals surface area contributed by atoms with E-state index in [1.165, 1.54) is 14.2 Å². The van der Waals surface area contributed by atoms with Crippen molar-refractivity contribution in [1.82, 2.24) is 4.90 Å². The van der Waals surface area contributed by atoms with Gasteiger partial charge in [0.15, 0.2) is 0 Å². The minimum absolute atomic E-state index is 0.0914. The second kappa shape index (κ2) is 10.6. The summed E-state index contributed by atoms with van der Waals surface area (Å²) in [5.41, 5.74) is 1.78. The van der Waals surface area contributed by atoms with E-state index in [9.17, 15) is 14.4 Å². The van der Waals surface area contributed by atoms with Gasteiger partial charge in [0.25, 0.3) is 5.91 Å². The first-order valence-electron chi connectivity index (χ1n) is 11.7. The number of ketones is 2. The Morgan fingerprint density at radius 2 is 1.54 bits per heavy atom. The zero-order valence-corrected chi connectivity index (χ0v) is 20.3. The lowest BCUT2D eigenvalue weighted by atomic mass is 9.88. The normalized spacial score (nSPS) is 16.5. The molecule has 2 aliphatic rings. The number of hydrogen-bond acceptors (Lipinski definition) is 6. The topological polar surface area (TPSA) is 82.1 Å². The van der Waals surface area contributed by atoms with Crippen molar-refractivity contribution in [3.8, 4) is 11.5 Å². The van der Waals surface area contributed by atoms with Gasteiger partial charge in [0.1, 0.15) is 11.5 Å². The molecule has 7 heteroatoms. The molecule has 0 unspecified atom stereocenters. The Morgan fingerprint density at radius 1 is 0.886 bits per heavy atom. The van der Waals surface area contributed by atoms with Gasteiger partial charge in [-0.1, -0.05) is 24.3 Å². The lowest BCUT2D eigenvalue weighted by Gasteiger charge is -2.27. The fraction of sp³-hybridized carbons (Fsp3) is 0.321. The van der Waals surface area contributed by atoms with Crippen molar-refractivity contribution in [1.29, 1.82) is 0 Å². The van der Waals surface area contributed by atoms with Crippen molar-refractivity contribution in [2.75, 3.05) is 27.3 Å². The summed E-state index contributed by atoms with van der Waals surface area (Å²) in [6.45, 7) is 3.01. The standard InChI is InChI=1S/C28H29NO6/c1-18-21(25(31)27(34-3)26(33-2)24(18)30)16-19-12-13-23(35-20-10-6-4-7-11-20)22(17-19)28(32)29-14-8-5-9-15-29/h4,6-7,10-13,17H,5,8-9,14-16H2,1-3H3. The molecule has 1 amide bonds. The van der Waals surface area contributed by atoms with Gasteiger partial charge in [-0.25, -0.2) is 0 Å². The maximum atomic E-state index is 13.5. The molecule has 1 fully saturated rings. The van der Waals surface area contributed by atoms with Crippen LogP contribution in [-0.4, -0.2) is 49.7 Å². The molecule has 0 bridgehead atoms. The number of para-hydroxylation sites is 1. The molecule has 0 saturated carbocycles. The Bertz CT molecular complexity index is 1210. The molecular weight excluding hydrogens is 446 g/mol. The van der Waals surface area contributed by atoms with Crippen LogP contribution in [0.25, 0.3) is 0 Å². The summed E-state index contributed by atoms with van der Waals surface area (Å²) in [5.74, 6) is 0.00181. The first kappa shape index (κ1) is 24.3. The van der Waals surface area contributed by atoms with Crippen LogP contribution in [0.1, 0.15) is 42.1 Å². The third-order valence-corrected chi connectivity index (χ3v) is 6.36. The fourth-order valence-corrected chi connectivity index (χ4v) is 4.43. The number of allylic oxidation sites excluding steroid dienone is 2. The molecule has 0 aromatic heterocycles. The second-order valence-corrected chi connectivity index (χ2v) is 8.60. The van der Waals surface area contributed by atoms with Gasteiger partial charge in [0.05, 0.1) is 19.8 Å². The average molecular weight is 476 g/mol. The van der Waals surface area contributed by atoms with Crippen LogP contribution in [0.5, 0.6) is 11.5 Å². The monoisotopic (exact) mass is 475 g/mol. The van der Waals surface area contributed by atoms with Gasteiger partial charge >= 0.3 is 0 Å². The molecule has 2 aromatic rings. The maximum Gasteiger partial charge on any atom is 0.257 e. The van der Waals surface area contributed by atoms with Crippen LogP contribution in [0, 0.1) is 0 Å². The molecule has 35 heavy (non-hydrogen) atoms. The van der Waals surface area contributed by atoms with Gasteiger partial charge < -0.3 is 19.1 Å². The zero-order chi connectivity index (χ0) is 24.9. The third kappa shape index (κ3) is 4.99. The van der Waals surface area contributed by atoms with Gasteiger partial charge in [-0.05, 0) is 56.0 Å². The SMILES string of the molecule is COC1=C(OC)C(=O)C(Cc2ccc(Oc3ccccc3)c(C(=O)N3CCCCC3)c2)=C(C)C1=O. The quantitative estimate of drug-likeness (QED) is 0.544. The van der Waals surface area contributed by atoms with Crippen molar-refractivity contribution < 1.29 is 28.6 Å². The number of carbonyl (C=O) groups is 3. The van der Waals surface area contributed by atoms with Crippen LogP contribution in [0.3, 0.4) is 0 Å². The third-order valence-electron chi connectivity index (χ3n) is 6.36. The summed E-state index contributed by atoms with van der Waals surface area (Å²) in [4.78, 5) is 41.2. The van der Waals surface area contributed by atoms with E-state index in [2.05, 4.69) is 0 Å². The number of likely N-dealkylation sites (tertiary alicyclic amines) is 1. The highest BCUT2D eigenvalue weighted by atomic mass is 16.5. The minimum atomic E-state index is -0.394. The number of Topliss-reactive ketones (excluding diaryl/α,β-unsaturated/α-hetero) is 2. The van der Waals surface area contributed by atoms with Crippen LogP contribution in [0.15, 0.2) is 71.2 Å². The number of ether oxygens (including phenoxy) is 3. The number of benzene rings is 2. The Morgan fingerprint density at radius 3 is 2.20 bits per heavy atom. The Balaban J connectivity index is 1.69. The van der Waals surface area contributed by atoms with Crippen LogP contribution in [-0.2, 0) is 25.5 Å². The van der Waals surface area contributed by atoms with Crippen molar-refractivity contribution >= 4 is 17.5 Å². The molecule has 0 atom stereocenters. The fourth-order valence-electron chi connectivity index (χ4n) is 4.43. The summed E-state index contributed by atoms with van der Waals surface area (Å²) >= 11 is 0. The van der Waals surface area contributed by atoms with Gasteiger partial charge in [-0.2, -0.15) is 0 Å². The van der Waals surface area contributed by atoms with Gasteiger partial charge in [0.2, 0.25) is 23.1 Å². The highest BCUT2D eigenvalue weighted by Gasteiger charge is 2.35. The summed E-state index contributed by atoms with van der Waals surface area (Å²) in [7, 11) is 2.67. The minimum Gasteiger partial charge on any atom is -0.489 e. The van der Waals surface area contributed by atoms with Crippen molar-refractivity contribution in [3.63, 3.8) is 0 Å². The first-order chi connectivity index (χ1) is 16.9. The largest absolute Gasteiger partial charge is 0.489 e. The molecule has 1 aliphatic carbocycles. The molecule has 0 radical (unpaired) electrons. The van der Waals surface area contributed by atoms with Gasteiger partial charge in [0, 0.05) is 30.7 Å². The van der Waals surface area contributed by atoms with Gasteiger partial charge in [-0.3, -0.25) is 14.4 Å². The molecule has 1 heterocycles. The smallest absolute Gasteiger partial charge is 0.257 e. The van der Waals surface area contributed by atoms with E-state index in [4.69, 9.17) is 14.2 Å². The molecule has 182 valence electrons. The van der Waals surface area contributed by atoms with E-state index in [0.29, 0.717) is 41.3 Å². The number of amides is 1. The summed E-state index contributed by atoms with van der Waals surface area (Å²) in [6, 6.07) is 14.6. The number of hydrogen-bond donors (Lipinski definition) is 0. The molecular formula is C28H29NO6. The van der Waals surface area contributed by atoms with Crippen LogP contribution in [0.2, 0.25) is 0 Å². The number of nitrogens with zero attached hydrogens (tertiary/aromatic N) is 1. The predicted molar refractivity (Wildman–Crippen MR) is 130 cm³/mol. The van der Waals surface area contributed by atoms with Crippen molar-refractivity contribution in [2.45, 2.75) is 32.6 Å². The number of rotatable bonds is 7. The first-order valence-corrected chi connectivity index (χ1v) is 11.7. The molecule has 0 spiro atoms. The number of methoxy groups -OCH3 is 2. The molecule has 1 saturated heterocycles.